The van der Waals surface area contributed by atoms with Gasteiger partial charge < -0.3 is 10.6 Å². The van der Waals surface area contributed by atoms with Crippen molar-refractivity contribution in [3.63, 3.8) is 0 Å². The number of amides is 2. The molecular formula is C16H20N4O. The second kappa shape index (κ2) is 6.43. The lowest BCUT2D eigenvalue weighted by atomic mass is 9.96. The molecule has 110 valence electrons. The molecule has 0 saturated heterocycles. The van der Waals surface area contributed by atoms with Crippen molar-refractivity contribution in [3.8, 4) is 5.69 Å². The first-order valence-electron chi connectivity index (χ1n) is 7.49. The Bertz CT molecular complexity index is 588. The van der Waals surface area contributed by atoms with Gasteiger partial charge in [-0.1, -0.05) is 25.3 Å². The predicted octanol–water partition coefficient (Wildman–Crippen LogP) is 3.33. The first-order valence-corrected chi connectivity index (χ1v) is 7.49. The highest BCUT2D eigenvalue weighted by atomic mass is 16.2. The van der Waals surface area contributed by atoms with Crippen LogP contribution in [-0.2, 0) is 0 Å². The number of anilines is 1. The average Bonchev–Trinajstić information content (AvgIpc) is 3.02. The summed E-state index contributed by atoms with van der Waals surface area (Å²) in [7, 11) is 0. The first kappa shape index (κ1) is 13.7. The number of aromatic nitrogens is 2. The Morgan fingerprint density at radius 3 is 2.81 bits per heavy atom. The van der Waals surface area contributed by atoms with Gasteiger partial charge in [-0.3, -0.25) is 0 Å². The highest BCUT2D eigenvalue weighted by Crippen LogP contribution is 2.18. The molecular weight excluding hydrogens is 264 g/mol. The van der Waals surface area contributed by atoms with E-state index in [1.54, 1.807) is 10.9 Å². The van der Waals surface area contributed by atoms with Crippen LogP contribution in [0.2, 0.25) is 0 Å². The zero-order valence-corrected chi connectivity index (χ0v) is 12.0. The molecule has 1 heterocycles. The minimum absolute atomic E-state index is 0.125. The number of nitrogens with one attached hydrogen (secondary N) is 2. The Morgan fingerprint density at radius 2 is 2.05 bits per heavy atom. The Balaban J connectivity index is 1.62. The van der Waals surface area contributed by atoms with Gasteiger partial charge in [-0.05, 0) is 37.1 Å². The first-order chi connectivity index (χ1) is 10.3. The van der Waals surface area contributed by atoms with Crippen LogP contribution in [0.3, 0.4) is 0 Å². The maximum absolute atomic E-state index is 12.0. The molecule has 5 nitrogen and oxygen atoms in total. The molecule has 2 aromatic rings. The van der Waals surface area contributed by atoms with Gasteiger partial charge in [0.05, 0.1) is 5.69 Å². The van der Waals surface area contributed by atoms with Crippen LogP contribution < -0.4 is 10.6 Å². The summed E-state index contributed by atoms with van der Waals surface area (Å²) in [5.41, 5.74) is 1.70. The molecule has 0 unspecified atom stereocenters. The summed E-state index contributed by atoms with van der Waals surface area (Å²) in [6.07, 6.45) is 9.48. The largest absolute Gasteiger partial charge is 0.335 e. The number of carbonyl (C=O) groups excluding carboxylic acids is 1. The maximum atomic E-state index is 12.0. The topological polar surface area (TPSA) is 59.0 Å². The summed E-state index contributed by atoms with van der Waals surface area (Å²) in [5, 5.41) is 10.1. The lowest BCUT2D eigenvalue weighted by Crippen LogP contribution is -2.39. The monoisotopic (exact) mass is 284 g/mol. The van der Waals surface area contributed by atoms with Crippen molar-refractivity contribution in [2.75, 3.05) is 5.32 Å². The average molecular weight is 284 g/mol. The van der Waals surface area contributed by atoms with Crippen molar-refractivity contribution in [1.29, 1.82) is 0 Å². The van der Waals surface area contributed by atoms with Crippen LogP contribution in [0, 0.1) is 0 Å². The molecule has 2 N–H and O–H groups in total. The Morgan fingerprint density at radius 1 is 1.19 bits per heavy atom. The highest BCUT2D eigenvalue weighted by Gasteiger charge is 2.15. The van der Waals surface area contributed by atoms with Gasteiger partial charge in [-0.25, -0.2) is 9.48 Å². The standard InChI is InChI=1S/C16H20N4O/c21-16(18-13-6-2-1-3-7-13)19-14-8-4-9-15(12-14)20-11-5-10-17-20/h4-5,8-13H,1-3,6-7H2,(H2,18,19,21). The fourth-order valence-electron chi connectivity index (χ4n) is 2.75. The van der Waals surface area contributed by atoms with E-state index in [0.29, 0.717) is 6.04 Å². The number of urea groups is 1. The zero-order valence-electron chi connectivity index (χ0n) is 12.0. The molecule has 0 spiro atoms. The van der Waals surface area contributed by atoms with Crippen LogP contribution in [0.4, 0.5) is 10.5 Å². The van der Waals surface area contributed by atoms with Crippen molar-refractivity contribution in [3.05, 3.63) is 42.7 Å². The summed E-state index contributed by atoms with van der Waals surface area (Å²) < 4.78 is 1.77. The molecule has 0 radical (unpaired) electrons. The molecule has 5 heteroatoms. The number of hydrogen-bond donors (Lipinski definition) is 2. The summed E-state index contributed by atoms with van der Waals surface area (Å²) >= 11 is 0. The summed E-state index contributed by atoms with van der Waals surface area (Å²) in [6, 6.07) is 9.72. The molecule has 1 fully saturated rings. The van der Waals surface area contributed by atoms with Gasteiger partial charge in [-0.2, -0.15) is 5.10 Å². The lowest BCUT2D eigenvalue weighted by molar-refractivity contribution is 0.244. The molecule has 0 atom stereocenters. The number of nitrogens with zero attached hydrogens (tertiary/aromatic N) is 2. The third-order valence-corrected chi connectivity index (χ3v) is 3.81. The third-order valence-electron chi connectivity index (χ3n) is 3.81. The predicted molar refractivity (Wildman–Crippen MR) is 82.6 cm³/mol. The van der Waals surface area contributed by atoms with Crippen molar-refractivity contribution in [1.82, 2.24) is 15.1 Å². The lowest BCUT2D eigenvalue weighted by Gasteiger charge is -2.22. The fourth-order valence-corrected chi connectivity index (χ4v) is 2.75. The number of rotatable bonds is 3. The summed E-state index contributed by atoms with van der Waals surface area (Å²) in [5.74, 6) is 0. The quantitative estimate of drug-likeness (QED) is 0.908. The molecule has 1 aromatic heterocycles. The van der Waals surface area contributed by atoms with E-state index < -0.39 is 0 Å². The van der Waals surface area contributed by atoms with Crippen LogP contribution in [0.15, 0.2) is 42.7 Å². The van der Waals surface area contributed by atoms with Gasteiger partial charge in [0.15, 0.2) is 0 Å². The molecule has 2 amide bonds. The Kier molecular flexibility index (Phi) is 4.19. The van der Waals surface area contributed by atoms with Gasteiger partial charge >= 0.3 is 6.03 Å². The number of benzene rings is 1. The van der Waals surface area contributed by atoms with Crippen LogP contribution >= 0.6 is 0 Å². The van der Waals surface area contributed by atoms with E-state index >= 15 is 0 Å². The molecule has 21 heavy (non-hydrogen) atoms. The van der Waals surface area contributed by atoms with E-state index in [1.165, 1.54) is 19.3 Å². The normalized spacial score (nSPS) is 15.6. The number of carbonyl (C=O) groups is 1. The molecule has 0 aliphatic heterocycles. The van der Waals surface area contributed by atoms with Crippen molar-refractivity contribution in [2.24, 2.45) is 0 Å². The van der Waals surface area contributed by atoms with Crippen LogP contribution in [-0.4, -0.2) is 21.9 Å². The van der Waals surface area contributed by atoms with E-state index in [2.05, 4.69) is 15.7 Å². The molecule has 3 rings (SSSR count). The number of hydrogen-bond acceptors (Lipinski definition) is 2. The SMILES string of the molecule is O=C(Nc1cccc(-n2cccn2)c1)NC1CCCCC1. The van der Waals surface area contributed by atoms with Crippen molar-refractivity contribution >= 4 is 11.7 Å². The van der Waals surface area contributed by atoms with E-state index in [9.17, 15) is 4.79 Å². The minimum Gasteiger partial charge on any atom is -0.335 e. The Hall–Kier alpha value is -2.30. The highest BCUT2D eigenvalue weighted by molar-refractivity contribution is 5.89. The maximum Gasteiger partial charge on any atom is 0.319 e. The van der Waals surface area contributed by atoms with E-state index in [0.717, 1.165) is 24.2 Å². The van der Waals surface area contributed by atoms with Crippen LogP contribution in [0.25, 0.3) is 5.69 Å². The van der Waals surface area contributed by atoms with Crippen molar-refractivity contribution < 1.29 is 4.79 Å². The van der Waals surface area contributed by atoms with Gasteiger partial charge in [0.1, 0.15) is 0 Å². The van der Waals surface area contributed by atoms with Crippen LogP contribution in [0.5, 0.6) is 0 Å². The molecule has 1 saturated carbocycles. The molecule has 1 aromatic carbocycles. The van der Waals surface area contributed by atoms with Crippen molar-refractivity contribution in [2.45, 2.75) is 38.1 Å². The van der Waals surface area contributed by atoms with E-state index in [1.807, 2.05) is 36.5 Å². The zero-order chi connectivity index (χ0) is 14.5. The summed E-state index contributed by atoms with van der Waals surface area (Å²) in [4.78, 5) is 12.0. The molecule has 0 bridgehead atoms. The smallest absolute Gasteiger partial charge is 0.319 e. The van der Waals surface area contributed by atoms with Gasteiger partial charge in [-0.15, -0.1) is 0 Å². The fraction of sp³-hybridized carbons (Fsp3) is 0.375. The van der Waals surface area contributed by atoms with Gasteiger partial charge in [0.25, 0.3) is 0 Å². The minimum atomic E-state index is -0.125. The second-order valence-corrected chi connectivity index (χ2v) is 5.43. The second-order valence-electron chi connectivity index (χ2n) is 5.43. The van der Waals surface area contributed by atoms with Gasteiger partial charge in [0.2, 0.25) is 0 Å². The van der Waals surface area contributed by atoms with E-state index in [-0.39, 0.29) is 6.03 Å². The van der Waals surface area contributed by atoms with Crippen LogP contribution in [0.1, 0.15) is 32.1 Å². The molecule has 1 aliphatic rings. The Labute approximate surface area is 124 Å². The third kappa shape index (κ3) is 3.62. The van der Waals surface area contributed by atoms with Gasteiger partial charge in [0, 0.05) is 24.1 Å². The van der Waals surface area contributed by atoms with E-state index in [4.69, 9.17) is 0 Å². The summed E-state index contributed by atoms with van der Waals surface area (Å²) in [6.45, 7) is 0. The molecule has 1 aliphatic carbocycles.